The Balaban J connectivity index is 0.00000256. The van der Waals surface area contributed by atoms with Gasteiger partial charge in [-0.3, -0.25) is 4.79 Å². The Morgan fingerprint density at radius 2 is 2.24 bits per heavy atom. The van der Waals surface area contributed by atoms with Gasteiger partial charge in [-0.15, -0.1) is 12.4 Å². The van der Waals surface area contributed by atoms with Crippen molar-refractivity contribution in [1.82, 2.24) is 5.32 Å². The number of nitrogens with one attached hydrogen (secondary N) is 2. The van der Waals surface area contributed by atoms with Gasteiger partial charge in [-0.25, -0.2) is 0 Å². The highest BCUT2D eigenvalue weighted by Gasteiger charge is 2.01. The van der Waals surface area contributed by atoms with E-state index in [1.807, 2.05) is 0 Å². The van der Waals surface area contributed by atoms with Crippen molar-refractivity contribution in [3.05, 3.63) is 24.3 Å². The molecular weight excluding hydrogens is 244 g/mol. The van der Waals surface area contributed by atoms with E-state index in [4.69, 9.17) is 4.74 Å². The number of carbonyl (C=O) groups is 1. The van der Waals surface area contributed by atoms with E-state index in [1.165, 1.54) is 6.07 Å². The van der Waals surface area contributed by atoms with E-state index in [9.17, 15) is 9.90 Å². The number of hydrogen-bond acceptors (Lipinski definition) is 4. The first-order valence-corrected chi connectivity index (χ1v) is 5.01. The fourth-order valence-electron chi connectivity index (χ4n) is 1.16. The van der Waals surface area contributed by atoms with Gasteiger partial charge in [0, 0.05) is 25.4 Å². The van der Waals surface area contributed by atoms with Crippen LogP contribution in [0.5, 0.6) is 5.75 Å². The minimum Gasteiger partial charge on any atom is -0.508 e. The van der Waals surface area contributed by atoms with E-state index < -0.39 is 0 Å². The molecule has 6 heteroatoms. The number of methoxy groups -OCH3 is 1. The maximum atomic E-state index is 11.4. The number of phenols is 1. The van der Waals surface area contributed by atoms with Crippen LogP contribution in [-0.2, 0) is 9.53 Å². The molecule has 3 N–H and O–H groups in total. The first kappa shape index (κ1) is 15.7. The van der Waals surface area contributed by atoms with E-state index in [2.05, 4.69) is 10.6 Å². The molecule has 1 rings (SSSR count). The van der Waals surface area contributed by atoms with Gasteiger partial charge in [0.05, 0.1) is 13.2 Å². The van der Waals surface area contributed by atoms with Gasteiger partial charge in [0.15, 0.2) is 0 Å². The lowest BCUT2D eigenvalue weighted by molar-refractivity contribution is -0.115. The van der Waals surface area contributed by atoms with Gasteiger partial charge in [-0.1, -0.05) is 6.07 Å². The molecule has 0 atom stereocenters. The molecule has 0 unspecified atom stereocenters. The van der Waals surface area contributed by atoms with Crippen molar-refractivity contribution < 1.29 is 14.6 Å². The van der Waals surface area contributed by atoms with Gasteiger partial charge >= 0.3 is 0 Å². The van der Waals surface area contributed by atoms with Crippen molar-refractivity contribution in [2.24, 2.45) is 0 Å². The van der Waals surface area contributed by atoms with E-state index in [0.717, 1.165) is 0 Å². The number of benzene rings is 1. The van der Waals surface area contributed by atoms with Gasteiger partial charge in [-0.2, -0.15) is 0 Å². The average molecular weight is 261 g/mol. The SMILES string of the molecule is COCCNCC(=O)Nc1cccc(O)c1.Cl. The zero-order chi connectivity index (χ0) is 11.8. The van der Waals surface area contributed by atoms with Crippen LogP contribution in [0.1, 0.15) is 0 Å². The first-order chi connectivity index (χ1) is 7.72. The van der Waals surface area contributed by atoms with Crippen LogP contribution in [0.3, 0.4) is 0 Å². The third-order valence-electron chi connectivity index (χ3n) is 1.90. The van der Waals surface area contributed by atoms with Crippen molar-refractivity contribution in [3.63, 3.8) is 0 Å². The summed E-state index contributed by atoms with van der Waals surface area (Å²) >= 11 is 0. The summed E-state index contributed by atoms with van der Waals surface area (Å²) < 4.78 is 4.83. The lowest BCUT2D eigenvalue weighted by atomic mass is 10.3. The maximum absolute atomic E-state index is 11.4. The van der Waals surface area contributed by atoms with Crippen LogP contribution in [-0.4, -0.2) is 37.8 Å². The third-order valence-corrected chi connectivity index (χ3v) is 1.90. The van der Waals surface area contributed by atoms with Crippen molar-refractivity contribution in [1.29, 1.82) is 0 Å². The zero-order valence-electron chi connectivity index (χ0n) is 9.60. The summed E-state index contributed by atoms with van der Waals surface area (Å²) in [5.74, 6) is -0.0214. The number of rotatable bonds is 6. The summed E-state index contributed by atoms with van der Waals surface area (Å²) in [5, 5.41) is 14.8. The minimum atomic E-state index is -0.151. The smallest absolute Gasteiger partial charge is 0.238 e. The molecule has 0 saturated heterocycles. The van der Waals surface area contributed by atoms with Crippen LogP contribution in [0.15, 0.2) is 24.3 Å². The molecule has 0 aliphatic carbocycles. The molecule has 0 saturated carbocycles. The molecule has 1 aromatic carbocycles. The highest BCUT2D eigenvalue weighted by molar-refractivity contribution is 5.92. The van der Waals surface area contributed by atoms with Crippen molar-refractivity contribution in [2.75, 3.05) is 32.1 Å². The largest absolute Gasteiger partial charge is 0.508 e. The van der Waals surface area contributed by atoms with Crippen molar-refractivity contribution in [2.45, 2.75) is 0 Å². The second kappa shape index (κ2) is 8.81. The normalized spacial score (nSPS) is 9.47. The van der Waals surface area contributed by atoms with Gasteiger partial charge in [0.2, 0.25) is 5.91 Å². The number of hydrogen-bond donors (Lipinski definition) is 3. The predicted molar refractivity (Wildman–Crippen MR) is 68.7 cm³/mol. The topological polar surface area (TPSA) is 70.6 Å². The molecule has 96 valence electrons. The number of phenolic OH excluding ortho intramolecular Hbond substituents is 1. The second-order valence-corrected chi connectivity index (χ2v) is 3.27. The van der Waals surface area contributed by atoms with Crippen LogP contribution in [0.4, 0.5) is 5.69 Å². The molecule has 5 nitrogen and oxygen atoms in total. The summed E-state index contributed by atoms with van der Waals surface area (Å²) in [4.78, 5) is 11.4. The van der Waals surface area contributed by atoms with E-state index >= 15 is 0 Å². The molecular formula is C11H17ClN2O3. The molecule has 0 spiro atoms. The average Bonchev–Trinajstić information content (AvgIpc) is 2.24. The predicted octanol–water partition coefficient (Wildman–Crippen LogP) is 0.988. The fraction of sp³-hybridized carbons (Fsp3) is 0.364. The Kier molecular flexibility index (Phi) is 8.13. The zero-order valence-corrected chi connectivity index (χ0v) is 10.4. The summed E-state index contributed by atoms with van der Waals surface area (Å²) in [7, 11) is 1.61. The molecule has 1 amide bonds. The van der Waals surface area contributed by atoms with Crippen LogP contribution < -0.4 is 10.6 Å². The number of aromatic hydroxyl groups is 1. The Hall–Kier alpha value is -1.30. The molecule has 1 aromatic rings. The van der Waals surface area contributed by atoms with Gasteiger partial charge in [0.25, 0.3) is 0 Å². The maximum Gasteiger partial charge on any atom is 0.238 e. The Morgan fingerprint density at radius 1 is 1.47 bits per heavy atom. The minimum absolute atomic E-state index is 0. The fourth-order valence-corrected chi connectivity index (χ4v) is 1.16. The lowest BCUT2D eigenvalue weighted by Crippen LogP contribution is -2.30. The van der Waals surface area contributed by atoms with Crippen LogP contribution in [0.25, 0.3) is 0 Å². The highest BCUT2D eigenvalue weighted by Crippen LogP contribution is 2.14. The highest BCUT2D eigenvalue weighted by atomic mass is 35.5. The van der Waals surface area contributed by atoms with Crippen LogP contribution in [0.2, 0.25) is 0 Å². The molecule has 0 bridgehead atoms. The summed E-state index contributed by atoms with van der Waals surface area (Å²) in [6, 6.07) is 6.43. The Morgan fingerprint density at radius 3 is 2.88 bits per heavy atom. The molecule has 17 heavy (non-hydrogen) atoms. The monoisotopic (exact) mass is 260 g/mol. The lowest BCUT2D eigenvalue weighted by Gasteiger charge is -2.06. The van der Waals surface area contributed by atoms with Crippen molar-refractivity contribution in [3.8, 4) is 5.75 Å². The molecule has 0 aromatic heterocycles. The molecule has 0 radical (unpaired) electrons. The molecule has 0 heterocycles. The number of ether oxygens (including phenoxy) is 1. The van der Waals surface area contributed by atoms with Crippen molar-refractivity contribution >= 4 is 24.0 Å². The number of amides is 1. The molecule has 0 aliphatic rings. The van der Waals surface area contributed by atoms with Crippen LogP contribution >= 0.6 is 12.4 Å². The summed E-state index contributed by atoms with van der Waals surface area (Å²) in [6.45, 7) is 1.42. The Bertz CT molecular complexity index is 347. The van der Waals surface area contributed by atoms with E-state index in [0.29, 0.717) is 18.8 Å². The summed E-state index contributed by atoms with van der Waals surface area (Å²) in [6.07, 6.45) is 0. The Labute approximate surface area is 107 Å². The molecule has 0 fully saturated rings. The van der Waals surface area contributed by atoms with Crippen LogP contribution in [0, 0.1) is 0 Å². The number of anilines is 1. The van der Waals surface area contributed by atoms with Gasteiger partial charge in [-0.05, 0) is 12.1 Å². The third kappa shape index (κ3) is 6.78. The summed E-state index contributed by atoms with van der Waals surface area (Å²) in [5.41, 5.74) is 0.582. The second-order valence-electron chi connectivity index (χ2n) is 3.27. The quantitative estimate of drug-likeness (QED) is 0.667. The molecule has 0 aliphatic heterocycles. The van der Waals surface area contributed by atoms with E-state index in [1.54, 1.807) is 25.3 Å². The number of halogens is 1. The number of carbonyl (C=O) groups excluding carboxylic acids is 1. The van der Waals surface area contributed by atoms with Gasteiger partial charge < -0.3 is 20.5 Å². The standard InChI is InChI=1S/C11H16N2O3.ClH/c1-16-6-5-12-8-11(15)13-9-3-2-4-10(14)7-9;/h2-4,7,12,14H,5-6,8H2,1H3,(H,13,15);1H. The van der Waals surface area contributed by atoms with Gasteiger partial charge in [0.1, 0.15) is 5.75 Å². The van der Waals surface area contributed by atoms with E-state index in [-0.39, 0.29) is 30.6 Å². The first-order valence-electron chi connectivity index (χ1n) is 5.01.